The molecule has 0 radical (unpaired) electrons. The molecule has 86 valence electrons. The zero-order valence-electron chi connectivity index (χ0n) is 9.63. The van der Waals surface area contributed by atoms with Gasteiger partial charge in [0.2, 0.25) is 0 Å². The molecule has 0 fully saturated rings. The van der Waals surface area contributed by atoms with Crippen molar-refractivity contribution in [1.82, 2.24) is 5.32 Å². The molecule has 0 rings (SSSR count). The highest BCUT2D eigenvalue weighted by atomic mass is 16.7. The van der Waals surface area contributed by atoms with Crippen LogP contribution in [0.15, 0.2) is 0 Å². The summed E-state index contributed by atoms with van der Waals surface area (Å²) in [5, 5.41) is 2.66. The van der Waals surface area contributed by atoms with Gasteiger partial charge in [0.05, 0.1) is 0 Å². The van der Waals surface area contributed by atoms with Crippen LogP contribution in [-0.4, -0.2) is 32.0 Å². The molecule has 0 heterocycles. The monoisotopic (exact) mass is 213 g/mol. The second-order valence-electron chi connectivity index (χ2n) is 2.76. The fraction of sp³-hybridized carbons (Fsp3) is 0.727. The van der Waals surface area contributed by atoms with Crippen molar-refractivity contribution in [2.24, 2.45) is 0 Å². The summed E-state index contributed by atoms with van der Waals surface area (Å²) >= 11 is 0. The molecule has 1 N–H and O–H groups in total. The summed E-state index contributed by atoms with van der Waals surface area (Å²) in [6.45, 7) is 7.17. The fourth-order valence-electron chi connectivity index (χ4n) is 1.05. The van der Waals surface area contributed by atoms with Crippen LogP contribution in [-0.2, 0) is 14.3 Å². The maximum atomic E-state index is 11.0. The van der Waals surface area contributed by atoms with Gasteiger partial charge in [0, 0.05) is 26.2 Å². The van der Waals surface area contributed by atoms with Crippen molar-refractivity contribution in [2.75, 3.05) is 19.8 Å². The lowest BCUT2D eigenvalue weighted by atomic mass is 10.4. The van der Waals surface area contributed by atoms with E-state index in [0.717, 1.165) is 0 Å². The van der Waals surface area contributed by atoms with E-state index < -0.39 is 0 Å². The van der Waals surface area contributed by atoms with Crippen molar-refractivity contribution in [3.05, 3.63) is 0 Å². The Balaban J connectivity index is 3.68. The van der Waals surface area contributed by atoms with Gasteiger partial charge >= 0.3 is 0 Å². The zero-order valence-corrected chi connectivity index (χ0v) is 9.63. The smallest absolute Gasteiger partial charge is 0.295 e. The number of amides is 1. The van der Waals surface area contributed by atoms with Gasteiger partial charge in [-0.2, -0.15) is 0 Å². The van der Waals surface area contributed by atoms with Crippen LogP contribution in [0.4, 0.5) is 0 Å². The molecule has 4 heteroatoms. The minimum atomic E-state index is -0.260. The molecule has 15 heavy (non-hydrogen) atoms. The molecule has 0 aromatic carbocycles. The van der Waals surface area contributed by atoms with Gasteiger partial charge in [-0.15, -0.1) is 0 Å². The Morgan fingerprint density at radius 2 is 1.93 bits per heavy atom. The molecule has 0 saturated carbocycles. The highest BCUT2D eigenvalue weighted by Gasteiger charge is 2.07. The van der Waals surface area contributed by atoms with E-state index in [1.807, 2.05) is 13.8 Å². The molecule has 1 amide bonds. The molecule has 0 bridgehead atoms. The van der Waals surface area contributed by atoms with E-state index in [-0.39, 0.29) is 12.2 Å². The average molecular weight is 213 g/mol. The van der Waals surface area contributed by atoms with Gasteiger partial charge in [0.25, 0.3) is 5.91 Å². The Morgan fingerprint density at radius 3 is 2.40 bits per heavy atom. The first-order chi connectivity index (χ1) is 7.24. The second-order valence-corrected chi connectivity index (χ2v) is 2.76. The lowest BCUT2D eigenvalue weighted by Gasteiger charge is -2.16. The maximum Gasteiger partial charge on any atom is 0.295 e. The Labute approximate surface area is 91.3 Å². The second kappa shape index (κ2) is 9.50. The summed E-state index contributed by atoms with van der Waals surface area (Å²) in [5.74, 6) is 4.67. The summed E-state index contributed by atoms with van der Waals surface area (Å²) < 4.78 is 10.6. The van der Waals surface area contributed by atoms with Gasteiger partial charge in [-0.1, -0.05) is 5.92 Å². The first kappa shape index (κ1) is 13.9. The van der Waals surface area contributed by atoms with Crippen molar-refractivity contribution >= 4 is 5.91 Å². The summed E-state index contributed by atoms with van der Waals surface area (Å²) in [5.41, 5.74) is 0. The normalized spacial score (nSPS) is 9.60. The molecule has 4 nitrogen and oxygen atoms in total. The third-order valence-electron chi connectivity index (χ3n) is 1.61. The van der Waals surface area contributed by atoms with Gasteiger partial charge in [0.15, 0.2) is 6.29 Å². The van der Waals surface area contributed by atoms with Crippen LogP contribution in [0, 0.1) is 11.8 Å². The van der Waals surface area contributed by atoms with E-state index >= 15 is 0 Å². The number of carbonyl (C=O) groups is 1. The van der Waals surface area contributed by atoms with Crippen LogP contribution in [0.2, 0.25) is 0 Å². The van der Waals surface area contributed by atoms with Crippen LogP contribution in [0.3, 0.4) is 0 Å². The van der Waals surface area contributed by atoms with Crippen molar-refractivity contribution in [3.8, 4) is 11.8 Å². The standard InChI is InChI=1S/C11H19NO3/c1-4-7-10(13)12-9-8-11(14-5-2)15-6-3/h11H,5-6,8-9H2,1-3H3,(H,12,13). The Kier molecular flexibility index (Phi) is 8.84. The first-order valence-corrected chi connectivity index (χ1v) is 5.18. The summed E-state index contributed by atoms with van der Waals surface area (Å²) in [4.78, 5) is 11.0. The summed E-state index contributed by atoms with van der Waals surface area (Å²) in [7, 11) is 0. The third kappa shape index (κ3) is 7.98. The summed E-state index contributed by atoms with van der Waals surface area (Å²) in [6, 6.07) is 0. The van der Waals surface area contributed by atoms with Gasteiger partial charge in [-0.3, -0.25) is 4.79 Å². The summed E-state index contributed by atoms with van der Waals surface area (Å²) in [6.07, 6.45) is 0.397. The van der Waals surface area contributed by atoms with E-state index in [1.54, 1.807) is 6.92 Å². The predicted octanol–water partition coefficient (Wildman–Crippen LogP) is 0.915. The van der Waals surface area contributed by atoms with E-state index in [2.05, 4.69) is 17.2 Å². The molecule has 0 unspecified atom stereocenters. The van der Waals surface area contributed by atoms with Gasteiger partial charge in [0.1, 0.15) is 0 Å². The molecular formula is C11H19NO3. The van der Waals surface area contributed by atoms with Crippen LogP contribution in [0.25, 0.3) is 0 Å². The highest BCUT2D eigenvalue weighted by Crippen LogP contribution is 1.99. The Bertz CT molecular complexity index is 224. The van der Waals surface area contributed by atoms with Crippen molar-refractivity contribution in [1.29, 1.82) is 0 Å². The highest BCUT2D eigenvalue weighted by molar-refractivity contribution is 5.93. The number of carbonyl (C=O) groups excluding carboxylic acids is 1. The minimum absolute atomic E-state index is 0.241. The SMILES string of the molecule is CC#CC(=O)NCCC(OCC)OCC. The van der Waals surface area contributed by atoms with Crippen molar-refractivity contribution in [3.63, 3.8) is 0 Å². The predicted molar refractivity (Wildman–Crippen MR) is 58.1 cm³/mol. The van der Waals surface area contributed by atoms with Crippen molar-refractivity contribution in [2.45, 2.75) is 33.5 Å². The molecule has 0 spiro atoms. The fourth-order valence-corrected chi connectivity index (χ4v) is 1.05. The first-order valence-electron chi connectivity index (χ1n) is 5.18. The minimum Gasteiger partial charge on any atom is -0.353 e. The van der Waals surface area contributed by atoms with E-state index in [1.165, 1.54) is 0 Å². The van der Waals surface area contributed by atoms with Gasteiger partial charge in [-0.05, 0) is 26.7 Å². The number of ether oxygens (including phenoxy) is 2. The largest absolute Gasteiger partial charge is 0.353 e. The van der Waals surface area contributed by atoms with E-state index in [4.69, 9.17) is 9.47 Å². The molecule has 0 aliphatic rings. The molecule has 0 saturated heterocycles. The zero-order chi connectivity index (χ0) is 11.5. The molecule has 0 aliphatic carbocycles. The average Bonchev–Trinajstić information content (AvgIpc) is 2.19. The molecule has 0 aromatic rings. The number of hydrogen-bond donors (Lipinski definition) is 1. The molecule has 0 aromatic heterocycles. The van der Waals surface area contributed by atoms with Crippen LogP contribution in [0.5, 0.6) is 0 Å². The number of nitrogens with one attached hydrogen (secondary N) is 1. The third-order valence-corrected chi connectivity index (χ3v) is 1.61. The topological polar surface area (TPSA) is 47.6 Å². The maximum absolute atomic E-state index is 11.0. The molecule has 0 aliphatic heterocycles. The quantitative estimate of drug-likeness (QED) is 0.505. The van der Waals surface area contributed by atoms with Crippen LogP contribution < -0.4 is 5.32 Å². The lowest BCUT2D eigenvalue weighted by molar-refractivity contribution is -0.139. The number of hydrogen-bond acceptors (Lipinski definition) is 3. The Morgan fingerprint density at radius 1 is 1.33 bits per heavy atom. The van der Waals surface area contributed by atoms with Gasteiger partial charge in [-0.25, -0.2) is 0 Å². The number of rotatable bonds is 7. The van der Waals surface area contributed by atoms with E-state index in [9.17, 15) is 4.79 Å². The van der Waals surface area contributed by atoms with Crippen LogP contribution >= 0.6 is 0 Å². The van der Waals surface area contributed by atoms with Crippen molar-refractivity contribution < 1.29 is 14.3 Å². The van der Waals surface area contributed by atoms with E-state index in [0.29, 0.717) is 26.2 Å². The Hall–Kier alpha value is -1.05. The molecule has 0 atom stereocenters. The molecular weight excluding hydrogens is 194 g/mol. The van der Waals surface area contributed by atoms with Gasteiger partial charge < -0.3 is 14.8 Å². The lowest BCUT2D eigenvalue weighted by Crippen LogP contribution is -2.28. The van der Waals surface area contributed by atoms with Crippen LogP contribution in [0.1, 0.15) is 27.2 Å².